The van der Waals surface area contributed by atoms with Crippen LogP contribution in [0.5, 0.6) is 0 Å². The van der Waals surface area contributed by atoms with E-state index >= 15 is 0 Å². The molecule has 3 nitrogen and oxygen atoms in total. The van der Waals surface area contributed by atoms with Crippen LogP contribution in [0, 0.1) is 0 Å². The van der Waals surface area contributed by atoms with E-state index in [4.69, 9.17) is 0 Å². The van der Waals surface area contributed by atoms with Crippen LogP contribution in [0.25, 0.3) is 6.08 Å². The highest BCUT2D eigenvalue weighted by atomic mass is 32.2. The van der Waals surface area contributed by atoms with Crippen LogP contribution in [0.2, 0.25) is 0 Å². The maximum Gasteiger partial charge on any atom is 0.298 e. The van der Waals surface area contributed by atoms with Gasteiger partial charge in [-0.3, -0.25) is 9.59 Å². The Morgan fingerprint density at radius 1 is 1.00 bits per heavy atom. The predicted octanol–water partition coefficient (Wildman–Crippen LogP) is 3.99. The lowest BCUT2D eigenvalue weighted by Gasteiger charge is -2.11. The summed E-state index contributed by atoms with van der Waals surface area (Å²) in [6.07, 6.45) is 1.76. The van der Waals surface area contributed by atoms with Crippen LogP contribution in [0.4, 0.5) is 10.5 Å². The molecule has 1 aromatic carbocycles. The minimum atomic E-state index is -0.255. The number of benzene rings is 1. The molecule has 0 bridgehead atoms. The van der Waals surface area contributed by atoms with Crippen molar-refractivity contribution in [3.63, 3.8) is 0 Å². The highest BCUT2D eigenvalue weighted by Crippen LogP contribution is 2.35. The summed E-state index contributed by atoms with van der Waals surface area (Å²) in [7, 11) is 0. The van der Waals surface area contributed by atoms with E-state index in [1.807, 2.05) is 35.7 Å². The van der Waals surface area contributed by atoms with Gasteiger partial charge in [-0.1, -0.05) is 24.3 Å². The predicted molar refractivity (Wildman–Crippen MR) is 79.2 cm³/mol. The SMILES string of the molecule is O=C1S/C(=C\c2cccs2)C(=O)N1c1ccccc1. The zero-order chi connectivity index (χ0) is 13.2. The van der Waals surface area contributed by atoms with Crippen molar-refractivity contribution in [2.45, 2.75) is 0 Å². The number of rotatable bonds is 2. The molecule has 2 heterocycles. The Bertz CT molecular complexity index is 647. The van der Waals surface area contributed by atoms with Crippen LogP contribution in [0.15, 0.2) is 52.7 Å². The molecule has 19 heavy (non-hydrogen) atoms. The van der Waals surface area contributed by atoms with Crippen molar-refractivity contribution in [3.8, 4) is 0 Å². The summed E-state index contributed by atoms with van der Waals surface area (Å²) < 4.78 is 0. The molecule has 0 N–H and O–H groups in total. The summed E-state index contributed by atoms with van der Waals surface area (Å²) in [6.45, 7) is 0. The van der Waals surface area contributed by atoms with Gasteiger partial charge in [0.2, 0.25) is 0 Å². The van der Waals surface area contributed by atoms with Crippen LogP contribution in [0.1, 0.15) is 4.88 Å². The van der Waals surface area contributed by atoms with E-state index in [0.717, 1.165) is 16.6 Å². The van der Waals surface area contributed by atoms with E-state index in [0.29, 0.717) is 10.6 Å². The number of carbonyl (C=O) groups is 2. The largest absolute Gasteiger partial charge is 0.298 e. The fraction of sp³-hybridized carbons (Fsp3) is 0. The van der Waals surface area contributed by atoms with Gasteiger partial charge in [0, 0.05) is 4.88 Å². The average Bonchev–Trinajstić information content (AvgIpc) is 3.01. The van der Waals surface area contributed by atoms with Gasteiger partial charge in [0.25, 0.3) is 11.1 Å². The lowest BCUT2D eigenvalue weighted by atomic mass is 10.3. The summed E-state index contributed by atoms with van der Waals surface area (Å²) in [4.78, 5) is 26.9. The van der Waals surface area contributed by atoms with Crippen LogP contribution in [-0.2, 0) is 4.79 Å². The maximum absolute atomic E-state index is 12.3. The van der Waals surface area contributed by atoms with Gasteiger partial charge in [0.05, 0.1) is 10.6 Å². The number of thiophene rings is 1. The van der Waals surface area contributed by atoms with Crippen LogP contribution >= 0.6 is 23.1 Å². The van der Waals surface area contributed by atoms with Crippen LogP contribution < -0.4 is 4.90 Å². The standard InChI is InChI=1S/C14H9NO2S2/c16-13-12(9-11-7-4-8-18-11)19-14(17)15(13)10-5-2-1-3-6-10/h1-9H/b12-9-. The van der Waals surface area contributed by atoms with Gasteiger partial charge in [-0.2, -0.15) is 0 Å². The minimum absolute atomic E-state index is 0.251. The first-order valence-corrected chi connectivity index (χ1v) is 7.32. The first kappa shape index (κ1) is 12.2. The van der Waals surface area contributed by atoms with Crippen molar-refractivity contribution in [1.82, 2.24) is 0 Å². The van der Waals surface area contributed by atoms with E-state index in [9.17, 15) is 9.59 Å². The minimum Gasteiger partial charge on any atom is -0.268 e. The summed E-state index contributed by atoms with van der Waals surface area (Å²) in [6, 6.07) is 12.8. The second kappa shape index (κ2) is 5.03. The third-order valence-corrected chi connectivity index (χ3v) is 4.31. The zero-order valence-electron chi connectivity index (χ0n) is 9.78. The van der Waals surface area contributed by atoms with Crippen molar-refractivity contribution in [2.24, 2.45) is 0 Å². The first-order chi connectivity index (χ1) is 9.25. The van der Waals surface area contributed by atoms with E-state index in [1.54, 1.807) is 18.2 Å². The average molecular weight is 287 g/mol. The zero-order valence-corrected chi connectivity index (χ0v) is 11.4. The summed E-state index contributed by atoms with van der Waals surface area (Å²) >= 11 is 2.52. The molecule has 2 amide bonds. The van der Waals surface area contributed by atoms with Crippen molar-refractivity contribution in [1.29, 1.82) is 0 Å². The number of amides is 2. The van der Waals surface area contributed by atoms with Crippen molar-refractivity contribution >= 4 is 46.0 Å². The second-order valence-corrected chi connectivity index (χ2v) is 5.84. The summed E-state index contributed by atoms with van der Waals surface area (Å²) in [5.74, 6) is -0.255. The molecule has 0 atom stereocenters. The smallest absolute Gasteiger partial charge is 0.268 e. The van der Waals surface area contributed by atoms with Gasteiger partial charge in [-0.05, 0) is 41.4 Å². The number of nitrogens with zero attached hydrogens (tertiary/aromatic N) is 1. The molecule has 0 saturated carbocycles. The first-order valence-electron chi connectivity index (χ1n) is 5.62. The maximum atomic E-state index is 12.3. The van der Waals surface area contributed by atoms with Gasteiger partial charge < -0.3 is 0 Å². The Morgan fingerprint density at radius 3 is 2.47 bits per heavy atom. The quantitative estimate of drug-likeness (QED) is 0.784. The normalized spacial score (nSPS) is 17.5. The van der Waals surface area contributed by atoms with Crippen molar-refractivity contribution < 1.29 is 9.59 Å². The molecule has 0 unspecified atom stereocenters. The Morgan fingerprint density at radius 2 is 1.79 bits per heavy atom. The van der Waals surface area contributed by atoms with Gasteiger partial charge >= 0.3 is 0 Å². The molecule has 0 radical (unpaired) electrons. The molecule has 1 aliphatic rings. The van der Waals surface area contributed by atoms with E-state index in [-0.39, 0.29) is 11.1 Å². The van der Waals surface area contributed by atoms with E-state index in [1.165, 1.54) is 16.2 Å². The van der Waals surface area contributed by atoms with Crippen LogP contribution in [0.3, 0.4) is 0 Å². The number of thioether (sulfide) groups is 1. The molecule has 1 aliphatic heterocycles. The molecule has 2 aromatic rings. The lowest BCUT2D eigenvalue weighted by Crippen LogP contribution is -2.27. The number of imide groups is 1. The van der Waals surface area contributed by atoms with Crippen molar-refractivity contribution in [2.75, 3.05) is 4.90 Å². The monoisotopic (exact) mass is 287 g/mol. The molecule has 3 rings (SSSR count). The molecular weight excluding hydrogens is 278 g/mol. The Hall–Kier alpha value is -1.85. The van der Waals surface area contributed by atoms with Gasteiger partial charge in [-0.15, -0.1) is 11.3 Å². The molecule has 1 saturated heterocycles. The molecule has 1 fully saturated rings. The second-order valence-electron chi connectivity index (χ2n) is 3.87. The van der Waals surface area contributed by atoms with Crippen LogP contribution in [-0.4, -0.2) is 11.1 Å². The Balaban J connectivity index is 1.94. The fourth-order valence-electron chi connectivity index (χ4n) is 1.77. The van der Waals surface area contributed by atoms with E-state index in [2.05, 4.69) is 0 Å². The topological polar surface area (TPSA) is 37.4 Å². The molecule has 1 aromatic heterocycles. The third kappa shape index (κ3) is 2.34. The highest BCUT2D eigenvalue weighted by molar-refractivity contribution is 8.19. The number of para-hydroxylation sites is 1. The number of hydrogen-bond acceptors (Lipinski definition) is 4. The molecule has 0 spiro atoms. The summed E-state index contributed by atoms with van der Waals surface area (Å²) in [5.41, 5.74) is 0.611. The number of hydrogen-bond donors (Lipinski definition) is 0. The summed E-state index contributed by atoms with van der Waals surface area (Å²) in [5, 5.41) is 1.69. The Labute approximate surface area is 118 Å². The van der Waals surface area contributed by atoms with Gasteiger partial charge in [-0.25, -0.2) is 4.90 Å². The molecular formula is C14H9NO2S2. The third-order valence-electron chi connectivity index (χ3n) is 2.62. The Kier molecular flexibility index (Phi) is 3.23. The van der Waals surface area contributed by atoms with Crippen molar-refractivity contribution in [3.05, 3.63) is 57.6 Å². The number of carbonyl (C=O) groups excluding carboxylic acids is 2. The fourth-order valence-corrected chi connectivity index (χ4v) is 3.33. The lowest BCUT2D eigenvalue weighted by molar-refractivity contribution is -0.113. The van der Waals surface area contributed by atoms with E-state index < -0.39 is 0 Å². The molecule has 0 aliphatic carbocycles. The number of anilines is 1. The molecule has 94 valence electrons. The molecule has 5 heteroatoms. The van der Waals surface area contributed by atoms with Gasteiger partial charge in [0.1, 0.15) is 0 Å². The van der Waals surface area contributed by atoms with Gasteiger partial charge in [0.15, 0.2) is 0 Å². The highest BCUT2D eigenvalue weighted by Gasteiger charge is 2.36.